The van der Waals surface area contributed by atoms with Gasteiger partial charge in [0, 0.05) is 24.3 Å². The molecule has 0 aliphatic carbocycles. The lowest BCUT2D eigenvalue weighted by Gasteiger charge is -2.33. The number of phenolic OH excluding ortho intramolecular Hbond substituents is 1. The topological polar surface area (TPSA) is 66.6 Å². The van der Waals surface area contributed by atoms with Gasteiger partial charge in [0.25, 0.3) is 5.91 Å². The van der Waals surface area contributed by atoms with E-state index in [1.807, 2.05) is 24.3 Å². The fourth-order valence-electron chi connectivity index (χ4n) is 2.64. The van der Waals surface area contributed by atoms with E-state index in [4.69, 9.17) is 5.73 Å². The number of nitrogens with two attached hydrogens (primary N) is 1. The molecule has 4 nitrogen and oxygen atoms in total. The van der Waals surface area contributed by atoms with E-state index in [2.05, 4.69) is 0 Å². The summed E-state index contributed by atoms with van der Waals surface area (Å²) in [5.74, 6) is -1.40. The molecule has 1 aliphatic rings. The summed E-state index contributed by atoms with van der Waals surface area (Å²) in [7, 11) is 0. The van der Waals surface area contributed by atoms with Crippen LogP contribution in [0.2, 0.25) is 0 Å². The third kappa shape index (κ3) is 2.48. The predicted octanol–water partition coefficient (Wildman–Crippen LogP) is 2.06. The fourth-order valence-corrected chi connectivity index (χ4v) is 2.64. The Kier molecular flexibility index (Phi) is 3.35. The molecule has 3 rings (SSSR count). The highest BCUT2D eigenvalue weighted by Crippen LogP contribution is 2.28. The summed E-state index contributed by atoms with van der Waals surface area (Å²) >= 11 is 0. The summed E-state index contributed by atoms with van der Waals surface area (Å²) in [6.07, 6.45) is 0.692. The number of nitrogens with zero attached hydrogens (tertiary/aromatic N) is 1. The van der Waals surface area contributed by atoms with Gasteiger partial charge in [0.2, 0.25) is 0 Å². The summed E-state index contributed by atoms with van der Waals surface area (Å²) in [5.41, 5.74) is 7.65. The van der Waals surface area contributed by atoms with Crippen LogP contribution in [-0.2, 0) is 6.42 Å². The van der Waals surface area contributed by atoms with E-state index in [0.717, 1.165) is 17.3 Å². The molecule has 0 radical (unpaired) electrons. The van der Waals surface area contributed by atoms with Gasteiger partial charge in [-0.1, -0.05) is 18.2 Å². The number of carbonyl (C=O) groups is 1. The molecule has 0 fully saturated rings. The number of para-hydroxylation sites is 1. The third-order valence-electron chi connectivity index (χ3n) is 3.61. The van der Waals surface area contributed by atoms with Crippen LogP contribution in [0.15, 0.2) is 42.5 Å². The second kappa shape index (κ2) is 5.18. The van der Waals surface area contributed by atoms with E-state index in [9.17, 15) is 14.3 Å². The Morgan fingerprint density at radius 1 is 1.29 bits per heavy atom. The molecule has 0 saturated heterocycles. The summed E-state index contributed by atoms with van der Waals surface area (Å²) in [5, 5.41) is 9.24. The van der Waals surface area contributed by atoms with Crippen LogP contribution in [0.1, 0.15) is 15.9 Å². The molecule has 3 N–H and O–H groups in total. The van der Waals surface area contributed by atoms with Crippen LogP contribution >= 0.6 is 0 Å². The number of benzene rings is 2. The molecular formula is C16H15FN2O2. The minimum Gasteiger partial charge on any atom is -0.508 e. The minimum absolute atomic E-state index is 0.0725. The van der Waals surface area contributed by atoms with Gasteiger partial charge < -0.3 is 15.7 Å². The normalized spacial score (nSPS) is 17.4. The van der Waals surface area contributed by atoms with Crippen LogP contribution in [0.5, 0.6) is 5.75 Å². The summed E-state index contributed by atoms with van der Waals surface area (Å²) in [6, 6.07) is 10.8. The molecule has 2 aromatic carbocycles. The second-order valence-electron chi connectivity index (χ2n) is 5.17. The molecule has 5 heteroatoms. The van der Waals surface area contributed by atoms with Gasteiger partial charge in [0.1, 0.15) is 11.6 Å². The highest BCUT2D eigenvalue weighted by Gasteiger charge is 2.28. The number of fused-ring (bicyclic) bond motifs is 1. The van der Waals surface area contributed by atoms with E-state index in [1.54, 1.807) is 0 Å². The third-order valence-corrected chi connectivity index (χ3v) is 3.61. The van der Waals surface area contributed by atoms with Gasteiger partial charge in [-0.25, -0.2) is 4.39 Å². The molecular weight excluding hydrogens is 271 g/mol. The number of carbonyl (C=O) groups excluding carboxylic acids is 1. The smallest absolute Gasteiger partial charge is 0.261 e. The Balaban J connectivity index is 2.02. The lowest BCUT2D eigenvalue weighted by atomic mass is 9.97. The highest BCUT2D eigenvalue weighted by molar-refractivity contribution is 6.07. The van der Waals surface area contributed by atoms with E-state index in [0.29, 0.717) is 13.0 Å². The predicted molar refractivity (Wildman–Crippen MR) is 77.9 cm³/mol. The van der Waals surface area contributed by atoms with Crippen molar-refractivity contribution in [3.63, 3.8) is 0 Å². The first-order chi connectivity index (χ1) is 10.1. The SMILES string of the molecule is NC1Cc2ccccc2N(C(=O)c2ccc(O)cc2F)C1. The van der Waals surface area contributed by atoms with Crippen LogP contribution in [-0.4, -0.2) is 23.6 Å². The van der Waals surface area contributed by atoms with E-state index in [1.165, 1.54) is 17.0 Å². The minimum atomic E-state index is -0.739. The first-order valence-corrected chi connectivity index (χ1v) is 6.70. The van der Waals surface area contributed by atoms with Crippen molar-refractivity contribution in [2.75, 3.05) is 11.4 Å². The van der Waals surface area contributed by atoms with Gasteiger partial charge in [-0.2, -0.15) is 0 Å². The van der Waals surface area contributed by atoms with Crippen molar-refractivity contribution in [2.24, 2.45) is 5.73 Å². The summed E-state index contributed by atoms with van der Waals surface area (Å²) < 4.78 is 13.9. The maximum absolute atomic E-state index is 13.9. The highest BCUT2D eigenvalue weighted by atomic mass is 19.1. The first kappa shape index (κ1) is 13.6. The second-order valence-corrected chi connectivity index (χ2v) is 5.17. The summed E-state index contributed by atoms with van der Waals surface area (Å²) in [4.78, 5) is 14.1. The Bertz CT molecular complexity index is 702. The Hall–Kier alpha value is -2.40. The summed E-state index contributed by atoms with van der Waals surface area (Å²) in [6.45, 7) is 0.343. The van der Waals surface area contributed by atoms with Gasteiger partial charge in [0.05, 0.1) is 5.56 Å². The molecule has 1 heterocycles. The van der Waals surface area contributed by atoms with E-state index < -0.39 is 11.7 Å². The maximum Gasteiger partial charge on any atom is 0.261 e. The standard InChI is InChI=1S/C16H15FN2O2/c17-14-8-12(20)5-6-13(14)16(21)19-9-11(18)7-10-3-1-2-4-15(10)19/h1-6,8,11,20H,7,9,18H2. The average Bonchev–Trinajstić information content (AvgIpc) is 2.45. The molecule has 0 spiro atoms. The van der Waals surface area contributed by atoms with Crippen LogP contribution in [0, 0.1) is 5.82 Å². The molecule has 0 saturated carbocycles. The zero-order valence-corrected chi connectivity index (χ0v) is 11.3. The molecule has 0 bridgehead atoms. The van der Waals surface area contributed by atoms with Crippen molar-refractivity contribution in [3.05, 3.63) is 59.4 Å². The van der Waals surface area contributed by atoms with Gasteiger partial charge in [0.15, 0.2) is 0 Å². The van der Waals surface area contributed by atoms with Crippen molar-refractivity contribution < 1.29 is 14.3 Å². The van der Waals surface area contributed by atoms with Gasteiger partial charge in [-0.15, -0.1) is 0 Å². The van der Waals surface area contributed by atoms with Crippen LogP contribution in [0.25, 0.3) is 0 Å². The molecule has 1 atom stereocenters. The molecule has 1 amide bonds. The molecule has 1 aliphatic heterocycles. The zero-order chi connectivity index (χ0) is 15.0. The number of aromatic hydroxyl groups is 1. The van der Waals surface area contributed by atoms with Crippen molar-refractivity contribution >= 4 is 11.6 Å². The molecule has 21 heavy (non-hydrogen) atoms. The molecule has 108 valence electrons. The largest absolute Gasteiger partial charge is 0.508 e. The van der Waals surface area contributed by atoms with Crippen LogP contribution < -0.4 is 10.6 Å². The van der Waals surface area contributed by atoms with Crippen molar-refractivity contribution in [1.29, 1.82) is 0 Å². The van der Waals surface area contributed by atoms with Crippen LogP contribution in [0.3, 0.4) is 0 Å². The lowest BCUT2D eigenvalue weighted by Crippen LogP contribution is -2.46. The monoisotopic (exact) mass is 286 g/mol. The molecule has 2 aromatic rings. The molecule has 1 unspecified atom stereocenters. The van der Waals surface area contributed by atoms with Crippen molar-refractivity contribution in [1.82, 2.24) is 0 Å². The number of halogens is 1. The zero-order valence-electron chi connectivity index (χ0n) is 11.3. The van der Waals surface area contributed by atoms with E-state index in [-0.39, 0.29) is 17.4 Å². The maximum atomic E-state index is 13.9. The Morgan fingerprint density at radius 3 is 2.81 bits per heavy atom. The number of hydrogen-bond donors (Lipinski definition) is 2. The lowest BCUT2D eigenvalue weighted by molar-refractivity contribution is 0.0979. The van der Waals surface area contributed by atoms with Crippen molar-refractivity contribution in [3.8, 4) is 5.75 Å². The number of rotatable bonds is 1. The van der Waals surface area contributed by atoms with Gasteiger partial charge in [-0.05, 0) is 30.2 Å². The molecule has 0 aromatic heterocycles. The van der Waals surface area contributed by atoms with E-state index >= 15 is 0 Å². The quantitative estimate of drug-likeness (QED) is 0.843. The fraction of sp³-hybridized carbons (Fsp3) is 0.188. The Morgan fingerprint density at radius 2 is 2.05 bits per heavy atom. The van der Waals surface area contributed by atoms with Gasteiger partial charge >= 0.3 is 0 Å². The average molecular weight is 286 g/mol. The number of hydrogen-bond acceptors (Lipinski definition) is 3. The van der Waals surface area contributed by atoms with Crippen molar-refractivity contribution in [2.45, 2.75) is 12.5 Å². The van der Waals surface area contributed by atoms with Crippen LogP contribution in [0.4, 0.5) is 10.1 Å². The Labute approximate surface area is 121 Å². The number of amides is 1. The first-order valence-electron chi connectivity index (χ1n) is 6.70. The van der Waals surface area contributed by atoms with Gasteiger partial charge in [-0.3, -0.25) is 4.79 Å². The number of anilines is 1. The number of phenols is 1.